The SMILES string of the molecule is COc1cc2c(c(OC)c1)C(c1ccccc1)Nc1c(Cl)ncnc1N(C)C2. The molecule has 1 unspecified atom stereocenters. The summed E-state index contributed by atoms with van der Waals surface area (Å²) in [5.41, 5.74) is 3.90. The third-order valence-electron chi connectivity index (χ3n) is 4.92. The number of ether oxygens (including phenoxy) is 2. The van der Waals surface area contributed by atoms with E-state index >= 15 is 0 Å². The smallest absolute Gasteiger partial charge is 0.157 e. The molecule has 1 aliphatic heterocycles. The van der Waals surface area contributed by atoms with E-state index in [9.17, 15) is 0 Å². The Kier molecular flexibility index (Phi) is 4.96. The number of anilines is 2. The van der Waals surface area contributed by atoms with Gasteiger partial charge in [0.1, 0.15) is 23.5 Å². The van der Waals surface area contributed by atoms with Gasteiger partial charge in [-0.3, -0.25) is 0 Å². The van der Waals surface area contributed by atoms with Crippen LogP contribution in [0.3, 0.4) is 0 Å². The van der Waals surface area contributed by atoms with Crippen molar-refractivity contribution >= 4 is 23.1 Å². The van der Waals surface area contributed by atoms with Gasteiger partial charge >= 0.3 is 0 Å². The molecule has 2 heterocycles. The van der Waals surface area contributed by atoms with E-state index in [1.54, 1.807) is 14.2 Å². The molecule has 28 heavy (non-hydrogen) atoms. The molecule has 7 heteroatoms. The molecule has 0 saturated heterocycles. The van der Waals surface area contributed by atoms with Crippen LogP contribution in [-0.2, 0) is 6.54 Å². The van der Waals surface area contributed by atoms with Gasteiger partial charge in [0.2, 0.25) is 0 Å². The topological polar surface area (TPSA) is 59.5 Å². The van der Waals surface area contributed by atoms with E-state index in [1.165, 1.54) is 6.33 Å². The molecule has 0 saturated carbocycles. The average Bonchev–Trinajstić information content (AvgIpc) is 2.72. The summed E-state index contributed by atoms with van der Waals surface area (Å²) in [6.45, 7) is 0.619. The molecule has 4 rings (SSSR count). The molecule has 144 valence electrons. The molecule has 0 spiro atoms. The van der Waals surface area contributed by atoms with Gasteiger partial charge in [0.05, 0.1) is 20.3 Å². The highest BCUT2D eigenvalue weighted by molar-refractivity contribution is 6.32. The van der Waals surface area contributed by atoms with Crippen molar-refractivity contribution in [3.63, 3.8) is 0 Å². The van der Waals surface area contributed by atoms with E-state index in [4.69, 9.17) is 21.1 Å². The van der Waals surface area contributed by atoms with Crippen molar-refractivity contribution < 1.29 is 9.47 Å². The molecule has 0 aliphatic carbocycles. The van der Waals surface area contributed by atoms with Crippen LogP contribution in [0.1, 0.15) is 22.7 Å². The lowest BCUT2D eigenvalue weighted by atomic mass is 9.91. The Morgan fingerprint density at radius 3 is 2.61 bits per heavy atom. The fourth-order valence-electron chi connectivity index (χ4n) is 3.61. The summed E-state index contributed by atoms with van der Waals surface area (Å²) in [6.07, 6.45) is 1.48. The van der Waals surface area contributed by atoms with Crippen molar-refractivity contribution in [2.45, 2.75) is 12.6 Å². The summed E-state index contributed by atoms with van der Waals surface area (Å²) >= 11 is 6.44. The van der Waals surface area contributed by atoms with Crippen molar-refractivity contribution in [3.8, 4) is 11.5 Å². The molecule has 3 aromatic rings. The minimum absolute atomic E-state index is 0.187. The number of benzene rings is 2. The molecule has 1 aliphatic rings. The van der Waals surface area contributed by atoms with Gasteiger partial charge in [-0.25, -0.2) is 9.97 Å². The summed E-state index contributed by atoms with van der Waals surface area (Å²) < 4.78 is 11.2. The van der Waals surface area contributed by atoms with Crippen LogP contribution in [-0.4, -0.2) is 31.2 Å². The maximum absolute atomic E-state index is 6.44. The Hall–Kier alpha value is -2.99. The largest absolute Gasteiger partial charge is 0.497 e. The molecule has 0 bridgehead atoms. The maximum Gasteiger partial charge on any atom is 0.157 e. The number of nitrogens with zero attached hydrogens (tertiary/aromatic N) is 3. The number of fused-ring (bicyclic) bond motifs is 2. The summed E-state index contributed by atoms with van der Waals surface area (Å²) in [5.74, 6) is 2.24. The van der Waals surface area contributed by atoms with E-state index in [1.807, 2.05) is 42.3 Å². The van der Waals surface area contributed by atoms with E-state index < -0.39 is 0 Å². The predicted octanol–water partition coefficient (Wildman–Crippen LogP) is 4.30. The minimum Gasteiger partial charge on any atom is -0.497 e. The Morgan fingerprint density at radius 2 is 1.89 bits per heavy atom. The number of halogens is 1. The second kappa shape index (κ2) is 7.56. The molecule has 1 atom stereocenters. The Bertz CT molecular complexity index is 997. The number of methoxy groups -OCH3 is 2. The standard InChI is InChI=1S/C21H21ClN4O2/c1-26-11-14-9-15(27-2)10-16(28-3)17(14)18(13-7-5-4-6-8-13)25-19-20(22)23-12-24-21(19)26/h4-10,12,18,25H,11H2,1-3H3. The monoisotopic (exact) mass is 396 g/mol. The van der Waals surface area contributed by atoms with Gasteiger partial charge in [0.25, 0.3) is 0 Å². The van der Waals surface area contributed by atoms with E-state index in [0.717, 1.165) is 34.0 Å². The number of hydrogen-bond acceptors (Lipinski definition) is 6. The van der Waals surface area contributed by atoms with E-state index in [0.29, 0.717) is 17.4 Å². The van der Waals surface area contributed by atoms with Crippen LogP contribution in [0.15, 0.2) is 48.8 Å². The van der Waals surface area contributed by atoms with Crippen LogP contribution >= 0.6 is 11.6 Å². The first kappa shape index (κ1) is 18.4. The molecule has 0 radical (unpaired) electrons. The minimum atomic E-state index is -0.187. The van der Waals surface area contributed by atoms with Gasteiger partial charge in [0.15, 0.2) is 11.0 Å². The summed E-state index contributed by atoms with van der Waals surface area (Å²) in [4.78, 5) is 10.7. The fraction of sp³-hybridized carbons (Fsp3) is 0.238. The van der Waals surface area contributed by atoms with Gasteiger partial charge in [-0.2, -0.15) is 0 Å². The van der Waals surface area contributed by atoms with Crippen molar-refractivity contribution in [1.29, 1.82) is 0 Å². The normalized spacial score (nSPS) is 15.6. The predicted molar refractivity (Wildman–Crippen MR) is 111 cm³/mol. The van der Waals surface area contributed by atoms with Gasteiger partial charge in [-0.05, 0) is 17.2 Å². The zero-order valence-electron chi connectivity index (χ0n) is 15.9. The van der Waals surface area contributed by atoms with Gasteiger partial charge in [-0.15, -0.1) is 0 Å². The van der Waals surface area contributed by atoms with Crippen LogP contribution in [0.4, 0.5) is 11.5 Å². The Balaban J connectivity index is 1.98. The van der Waals surface area contributed by atoms with Gasteiger partial charge < -0.3 is 19.7 Å². The third-order valence-corrected chi connectivity index (χ3v) is 5.20. The molecule has 2 aromatic carbocycles. The second-order valence-corrected chi connectivity index (χ2v) is 6.97. The third kappa shape index (κ3) is 3.20. The lowest BCUT2D eigenvalue weighted by molar-refractivity contribution is 0.389. The fourth-order valence-corrected chi connectivity index (χ4v) is 3.80. The lowest BCUT2D eigenvalue weighted by Crippen LogP contribution is -2.27. The summed E-state index contributed by atoms with van der Waals surface area (Å²) in [5, 5.41) is 3.95. The Morgan fingerprint density at radius 1 is 1.11 bits per heavy atom. The van der Waals surface area contributed by atoms with Crippen LogP contribution in [0.5, 0.6) is 11.5 Å². The number of rotatable bonds is 3. The van der Waals surface area contributed by atoms with Crippen LogP contribution < -0.4 is 19.7 Å². The molecular weight excluding hydrogens is 376 g/mol. The highest BCUT2D eigenvalue weighted by atomic mass is 35.5. The average molecular weight is 397 g/mol. The maximum atomic E-state index is 6.44. The second-order valence-electron chi connectivity index (χ2n) is 6.61. The first-order chi connectivity index (χ1) is 13.6. The zero-order chi connectivity index (χ0) is 19.7. The quantitative estimate of drug-likeness (QED) is 0.666. The molecule has 1 N–H and O–H groups in total. The number of nitrogens with one attached hydrogen (secondary N) is 1. The van der Waals surface area contributed by atoms with Crippen molar-refractivity contribution in [2.75, 3.05) is 31.5 Å². The zero-order valence-corrected chi connectivity index (χ0v) is 16.7. The first-order valence-corrected chi connectivity index (χ1v) is 9.28. The first-order valence-electron chi connectivity index (χ1n) is 8.90. The van der Waals surface area contributed by atoms with E-state index in [2.05, 4.69) is 27.4 Å². The summed E-state index contributed by atoms with van der Waals surface area (Å²) in [7, 11) is 5.30. The van der Waals surface area contributed by atoms with Crippen LogP contribution in [0.2, 0.25) is 5.15 Å². The van der Waals surface area contributed by atoms with E-state index in [-0.39, 0.29) is 6.04 Å². The molecule has 6 nitrogen and oxygen atoms in total. The molecule has 1 aromatic heterocycles. The van der Waals surface area contributed by atoms with Gasteiger partial charge in [0, 0.05) is 25.2 Å². The highest BCUT2D eigenvalue weighted by Crippen LogP contribution is 2.43. The lowest BCUT2D eigenvalue weighted by Gasteiger charge is -2.32. The molecular formula is C21H21ClN4O2. The van der Waals surface area contributed by atoms with Crippen LogP contribution in [0.25, 0.3) is 0 Å². The molecule has 0 amide bonds. The molecule has 0 fully saturated rings. The van der Waals surface area contributed by atoms with Gasteiger partial charge in [-0.1, -0.05) is 41.9 Å². The van der Waals surface area contributed by atoms with Crippen molar-refractivity contribution in [3.05, 3.63) is 70.6 Å². The summed E-state index contributed by atoms with van der Waals surface area (Å²) in [6, 6.07) is 13.9. The van der Waals surface area contributed by atoms with Crippen molar-refractivity contribution in [2.24, 2.45) is 0 Å². The van der Waals surface area contributed by atoms with Crippen molar-refractivity contribution in [1.82, 2.24) is 9.97 Å². The number of hydrogen-bond donors (Lipinski definition) is 1. The Labute approximate surface area is 169 Å². The highest BCUT2D eigenvalue weighted by Gasteiger charge is 2.29. The van der Waals surface area contributed by atoms with Crippen LogP contribution in [0, 0.1) is 0 Å². The number of aromatic nitrogens is 2.